The molecule has 1 fully saturated rings. The molecule has 20 heavy (non-hydrogen) atoms. The Morgan fingerprint density at radius 3 is 2.95 bits per heavy atom. The first kappa shape index (κ1) is 15.3. The summed E-state index contributed by atoms with van der Waals surface area (Å²) in [4.78, 5) is 7.26. The standard InChI is InChI=1S/C17H29N3/c1-4-9-18-12-16-11-14(2)17(19-13-16)20-10-7-5-6-8-15(20)3/h11,13,15,18H,4-10,12H2,1-3H3. The molecule has 1 aliphatic heterocycles. The summed E-state index contributed by atoms with van der Waals surface area (Å²) in [7, 11) is 0. The Kier molecular flexibility index (Phi) is 5.84. The van der Waals surface area contributed by atoms with Gasteiger partial charge in [-0.3, -0.25) is 0 Å². The summed E-state index contributed by atoms with van der Waals surface area (Å²) in [5.41, 5.74) is 2.61. The third-order valence-electron chi connectivity index (χ3n) is 4.19. The van der Waals surface area contributed by atoms with Gasteiger partial charge in [-0.05, 0) is 56.8 Å². The molecule has 1 unspecified atom stereocenters. The van der Waals surface area contributed by atoms with Crippen molar-refractivity contribution in [3.05, 3.63) is 23.4 Å². The lowest BCUT2D eigenvalue weighted by Crippen LogP contribution is -2.33. The van der Waals surface area contributed by atoms with Gasteiger partial charge in [-0.2, -0.15) is 0 Å². The average Bonchev–Trinajstić information content (AvgIpc) is 2.64. The second-order valence-corrected chi connectivity index (χ2v) is 6.05. The van der Waals surface area contributed by atoms with E-state index in [9.17, 15) is 0 Å². The van der Waals surface area contributed by atoms with Gasteiger partial charge in [-0.1, -0.05) is 19.8 Å². The van der Waals surface area contributed by atoms with Crippen LogP contribution < -0.4 is 10.2 Å². The zero-order valence-corrected chi connectivity index (χ0v) is 13.3. The lowest BCUT2D eigenvalue weighted by molar-refractivity contribution is 0.609. The first-order valence-corrected chi connectivity index (χ1v) is 8.15. The number of pyridine rings is 1. The van der Waals surface area contributed by atoms with Crippen molar-refractivity contribution in [2.24, 2.45) is 0 Å². The molecule has 3 heteroatoms. The summed E-state index contributed by atoms with van der Waals surface area (Å²) >= 11 is 0. The highest BCUT2D eigenvalue weighted by atomic mass is 15.2. The molecule has 1 aliphatic rings. The Morgan fingerprint density at radius 1 is 1.35 bits per heavy atom. The van der Waals surface area contributed by atoms with Crippen LogP contribution in [0.25, 0.3) is 0 Å². The molecule has 0 bridgehead atoms. The minimum absolute atomic E-state index is 0.618. The topological polar surface area (TPSA) is 28.2 Å². The monoisotopic (exact) mass is 275 g/mol. The lowest BCUT2D eigenvalue weighted by atomic mass is 10.1. The van der Waals surface area contributed by atoms with Gasteiger partial charge in [-0.25, -0.2) is 4.98 Å². The van der Waals surface area contributed by atoms with Gasteiger partial charge in [0.15, 0.2) is 0 Å². The molecule has 0 aromatic carbocycles. The van der Waals surface area contributed by atoms with Crippen LogP contribution in [0.5, 0.6) is 0 Å². The van der Waals surface area contributed by atoms with E-state index in [0.29, 0.717) is 6.04 Å². The summed E-state index contributed by atoms with van der Waals surface area (Å²) in [5.74, 6) is 1.19. The van der Waals surface area contributed by atoms with Crippen LogP contribution in [0, 0.1) is 6.92 Å². The number of nitrogens with one attached hydrogen (secondary N) is 1. The molecule has 1 saturated heterocycles. The van der Waals surface area contributed by atoms with E-state index in [1.165, 1.54) is 49.0 Å². The van der Waals surface area contributed by atoms with E-state index < -0.39 is 0 Å². The predicted molar refractivity (Wildman–Crippen MR) is 86.2 cm³/mol. The Morgan fingerprint density at radius 2 is 2.20 bits per heavy atom. The quantitative estimate of drug-likeness (QED) is 0.831. The van der Waals surface area contributed by atoms with Crippen LogP contribution in [0.2, 0.25) is 0 Å². The van der Waals surface area contributed by atoms with Crippen molar-refractivity contribution in [2.45, 2.75) is 65.5 Å². The molecule has 0 spiro atoms. The molecule has 1 atom stereocenters. The van der Waals surface area contributed by atoms with Crippen molar-refractivity contribution >= 4 is 5.82 Å². The van der Waals surface area contributed by atoms with E-state index in [1.807, 2.05) is 6.20 Å². The van der Waals surface area contributed by atoms with Gasteiger partial charge in [0.05, 0.1) is 0 Å². The van der Waals surface area contributed by atoms with E-state index in [1.54, 1.807) is 0 Å². The van der Waals surface area contributed by atoms with Gasteiger partial charge in [0.1, 0.15) is 5.82 Å². The maximum atomic E-state index is 4.76. The number of hydrogen-bond acceptors (Lipinski definition) is 3. The predicted octanol–water partition coefficient (Wildman–Crippen LogP) is 3.66. The molecule has 1 N–H and O–H groups in total. The van der Waals surface area contributed by atoms with Crippen molar-refractivity contribution in [1.29, 1.82) is 0 Å². The maximum Gasteiger partial charge on any atom is 0.131 e. The smallest absolute Gasteiger partial charge is 0.131 e. The molecular weight excluding hydrogens is 246 g/mol. The highest BCUT2D eigenvalue weighted by Gasteiger charge is 2.19. The Bertz CT molecular complexity index is 417. The molecule has 0 amide bonds. The number of anilines is 1. The van der Waals surface area contributed by atoms with Crippen LogP contribution in [0.4, 0.5) is 5.82 Å². The van der Waals surface area contributed by atoms with E-state index in [-0.39, 0.29) is 0 Å². The largest absolute Gasteiger partial charge is 0.354 e. The number of hydrogen-bond donors (Lipinski definition) is 1. The average molecular weight is 275 g/mol. The summed E-state index contributed by atoms with van der Waals surface area (Å²) in [6, 6.07) is 2.91. The van der Waals surface area contributed by atoms with Crippen molar-refractivity contribution in [3.8, 4) is 0 Å². The van der Waals surface area contributed by atoms with Crippen LogP contribution in [0.3, 0.4) is 0 Å². The second kappa shape index (κ2) is 7.63. The SMILES string of the molecule is CCCNCc1cnc(N2CCCCCC2C)c(C)c1. The van der Waals surface area contributed by atoms with E-state index >= 15 is 0 Å². The Labute approximate surface area is 123 Å². The van der Waals surface area contributed by atoms with Gasteiger partial charge in [0.2, 0.25) is 0 Å². The third-order valence-corrected chi connectivity index (χ3v) is 4.19. The first-order valence-electron chi connectivity index (χ1n) is 8.15. The van der Waals surface area contributed by atoms with Crippen LogP contribution in [-0.2, 0) is 6.54 Å². The number of nitrogens with zero attached hydrogens (tertiary/aromatic N) is 2. The van der Waals surface area contributed by atoms with Crippen LogP contribution >= 0.6 is 0 Å². The summed E-state index contributed by atoms with van der Waals surface area (Å²) in [5, 5.41) is 3.44. The van der Waals surface area contributed by atoms with Crippen LogP contribution in [0.1, 0.15) is 57.1 Å². The minimum Gasteiger partial charge on any atom is -0.354 e. The third kappa shape index (κ3) is 3.95. The maximum absolute atomic E-state index is 4.76. The number of rotatable bonds is 5. The van der Waals surface area contributed by atoms with E-state index in [0.717, 1.165) is 19.6 Å². The molecule has 0 aliphatic carbocycles. The summed E-state index contributed by atoms with van der Waals surface area (Å²) in [6.07, 6.45) is 8.53. The van der Waals surface area contributed by atoms with Gasteiger partial charge in [-0.15, -0.1) is 0 Å². The van der Waals surface area contributed by atoms with Gasteiger partial charge < -0.3 is 10.2 Å². The molecule has 1 aromatic heterocycles. The fourth-order valence-electron chi connectivity index (χ4n) is 3.02. The molecule has 2 heterocycles. The molecule has 0 radical (unpaired) electrons. The first-order chi connectivity index (χ1) is 9.72. The molecule has 2 rings (SSSR count). The van der Waals surface area contributed by atoms with Crippen molar-refractivity contribution in [2.75, 3.05) is 18.0 Å². The van der Waals surface area contributed by atoms with Crippen molar-refractivity contribution in [1.82, 2.24) is 10.3 Å². The summed E-state index contributed by atoms with van der Waals surface area (Å²) < 4.78 is 0. The van der Waals surface area contributed by atoms with Gasteiger partial charge >= 0.3 is 0 Å². The lowest BCUT2D eigenvalue weighted by Gasteiger charge is -2.29. The van der Waals surface area contributed by atoms with E-state index in [4.69, 9.17) is 4.98 Å². The van der Waals surface area contributed by atoms with Crippen molar-refractivity contribution in [3.63, 3.8) is 0 Å². The van der Waals surface area contributed by atoms with E-state index in [2.05, 4.69) is 37.1 Å². The highest BCUT2D eigenvalue weighted by molar-refractivity contribution is 5.48. The molecule has 112 valence electrons. The zero-order chi connectivity index (χ0) is 14.4. The normalized spacial score (nSPS) is 19.9. The zero-order valence-electron chi connectivity index (χ0n) is 13.3. The molecule has 0 saturated carbocycles. The fraction of sp³-hybridized carbons (Fsp3) is 0.706. The minimum atomic E-state index is 0.618. The van der Waals surface area contributed by atoms with Crippen LogP contribution in [-0.4, -0.2) is 24.1 Å². The Hall–Kier alpha value is -1.09. The van der Waals surface area contributed by atoms with Gasteiger partial charge in [0, 0.05) is 25.3 Å². The number of aromatic nitrogens is 1. The molecule has 3 nitrogen and oxygen atoms in total. The van der Waals surface area contributed by atoms with Gasteiger partial charge in [0.25, 0.3) is 0 Å². The molecular formula is C17H29N3. The number of aryl methyl sites for hydroxylation is 1. The molecule has 1 aromatic rings. The summed E-state index contributed by atoms with van der Waals surface area (Å²) in [6.45, 7) is 9.89. The Balaban J connectivity index is 2.07. The second-order valence-electron chi connectivity index (χ2n) is 6.05. The fourth-order valence-corrected chi connectivity index (χ4v) is 3.02. The highest BCUT2D eigenvalue weighted by Crippen LogP contribution is 2.25. The van der Waals surface area contributed by atoms with Crippen LogP contribution in [0.15, 0.2) is 12.3 Å². The van der Waals surface area contributed by atoms with Crippen molar-refractivity contribution < 1.29 is 0 Å².